The largest absolute Gasteiger partial charge is 0.480 e. The van der Waals surface area contributed by atoms with Crippen LogP contribution in [-0.2, 0) is 9.59 Å². The maximum absolute atomic E-state index is 11.3. The number of hydrogen-bond donors (Lipinski definition) is 2. The van der Waals surface area contributed by atoms with Crippen molar-refractivity contribution in [1.29, 1.82) is 0 Å². The van der Waals surface area contributed by atoms with Crippen LogP contribution in [0.4, 0.5) is 0 Å². The number of ketones is 1. The molecule has 0 amide bonds. The number of carboxylic acids is 1. The summed E-state index contributed by atoms with van der Waals surface area (Å²) in [4.78, 5) is 22.0. The molecule has 0 spiro atoms. The summed E-state index contributed by atoms with van der Waals surface area (Å²) in [5.41, 5.74) is 0. The van der Waals surface area contributed by atoms with E-state index in [0.29, 0.717) is 19.4 Å². The number of carboxylic acid groups (broad SMARTS) is 1. The van der Waals surface area contributed by atoms with Gasteiger partial charge in [0.1, 0.15) is 11.8 Å². The zero-order valence-corrected chi connectivity index (χ0v) is 9.04. The number of likely N-dealkylation sites (N-methyl/N-ethyl adjacent to an activating group) is 1. The molecule has 0 saturated carbocycles. The van der Waals surface area contributed by atoms with Gasteiger partial charge in [-0.15, -0.1) is 0 Å². The van der Waals surface area contributed by atoms with Crippen molar-refractivity contribution in [2.45, 2.75) is 39.7 Å². The smallest absolute Gasteiger partial charge is 0.320 e. The minimum Gasteiger partial charge on any atom is -0.480 e. The third-order valence-electron chi connectivity index (χ3n) is 2.07. The first-order chi connectivity index (χ1) is 6.49. The molecule has 14 heavy (non-hydrogen) atoms. The van der Waals surface area contributed by atoms with Crippen molar-refractivity contribution >= 4 is 11.8 Å². The first-order valence-corrected chi connectivity index (χ1v) is 4.98. The lowest BCUT2D eigenvalue weighted by molar-refractivity contribution is -0.139. The first kappa shape index (κ1) is 13.1. The zero-order valence-electron chi connectivity index (χ0n) is 9.04. The molecule has 0 aromatic heterocycles. The van der Waals surface area contributed by atoms with E-state index < -0.39 is 12.0 Å². The molecule has 0 aliphatic heterocycles. The number of hydrogen-bond acceptors (Lipinski definition) is 3. The van der Waals surface area contributed by atoms with Gasteiger partial charge in [0, 0.05) is 12.3 Å². The van der Waals surface area contributed by atoms with Crippen LogP contribution < -0.4 is 5.32 Å². The molecule has 82 valence electrons. The third-order valence-corrected chi connectivity index (χ3v) is 2.07. The number of Topliss-reactive ketones (excluding diaryl/α,β-unsaturated/α-hetero) is 1. The number of carbonyl (C=O) groups is 2. The van der Waals surface area contributed by atoms with Crippen LogP contribution in [0, 0.1) is 5.92 Å². The fourth-order valence-electron chi connectivity index (χ4n) is 1.13. The van der Waals surface area contributed by atoms with E-state index in [1.807, 2.05) is 20.8 Å². The molecule has 0 aromatic rings. The van der Waals surface area contributed by atoms with E-state index in [1.54, 1.807) is 0 Å². The Morgan fingerprint density at radius 3 is 2.29 bits per heavy atom. The Morgan fingerprint density at radius 2 is 1.93 bits per heavy atom. The Hall–Kier alpha value is -0.900. The lowest BCUT2D eigenvalue weighted by atomic mass is 10.0. The summed E-state index contributed by atoms with van der Waals surface area (Å²) in [5.74, 6) is -0.774. The summed E-state index contributed by atoms with van der Waals surface area (Å²) < 4.78 is 0. The molecule has 0 aliphatic rings. The second-order valence-corrected chi connectivity index (χ2v) is 3.61. The van der Waals surface area contributed by atoms with Gasteiger partial charge >= 0.3 is 5.97 Å². The Balaban J connectivity index is 3.93. The SMILES string of the molecule is CCNC(CCC(=O)C(C)C)C(=O)O. The monoisotopic (exact) mass is 201 g/mol. The van der Waals surface area contributed by atoms with Crippen molar-refractivity contribution in [3.8, 4) is 0 Å². The summed E-state index contributed by atoms with van der Waals surface area (Å²) in [7, 11) is 0. The topological polar surface area (TPSA) is 66.4 Å². The molecular formula is C10H19NO3. The van der Waals surface area contributed by atoms with Crippen LogP contribution in [0.1, 0.15) is 33.6 Å². The maximum atomic E-state index is 11.3. The van der Waals surface area contributed by atoms with E-state index in [9.17, 15) is 9.59 Å². The lowest BCUT2D eigenvalue weighted by Crippen LogP contribution is -2.37. The van der Waals surface area contributed by atoms with Gasteiger partial charge in [-0.3, -0.25) is 9.59 Å². The Kier molecular flexibility index (Phi) is 6.12. The fourth-order valence-corrected chi connectivity index (χ4v) is 1.13. The highest BCUT2D eigenvalue weighted by Crippen LogP contribution is 2.04. The second kappa shape index (κ2) is 6.54. The quantitative estimate of drug-likeness (QED) is 0.646. The summed E-state index contributed by atoms with van der Waals surface area (Å²) >= 11 is 0. The highest BCUT2D eigenvalue weighted by Gasteiger charge is 2.18. The van der Waals surface area contributed by atoms with Crippen molar-refractivity contribution in [2.24, 2.45) is 5.92 Å². The van der Waals surface area contributed by atoms with Gasteiger partial charge in [0.15, 0.2) is 0 Å². The van der Waals surface area contributed by atoms with E-state index in [0.717, 1.165) is 0 Å². The van der Waals surface area contributed by atoms with E-state index in [4.69, 9.17) is 5.11 Å². The third kappa shape index (κ3) is 4.97. The highest BCUT2D eigenvalue weighted by atomic mass is 16.4. The van der Waals surface area contributed by atoms with Gasteiger partial charge in [-0.25, -0.2) is 0 Å². The van der Waals surface area contributed by atoms with Crippen LogP contribution in [0.2, 0.25) is 0 Å². The average molecular weight is 201 g/mol. The van der Waals surface area contributed by atoms with Gasteiger partial charge in [0.2, 0.25) is 0 Å². The average Bonchev–Trinajstić information content (AvgIpc) is 2.10. The van der Waals surface area contributed by atoms with Crippen LogP contribution in [0.3, 0.4) is 0 Å². The molecule has 0 aliphatic carbocycles. The van der Waals surface area contributed by atoms with Gasteiger partial charge in [-0.05, 0) is 13.0 Å². The summed E-state index contributed by atoms with van der Waals surface area (Å²) in [6.07, 6.45) is 0.710. The van der Waals surface area contributed by atoms with Crippen molar-refractivity contribution in [1.82, 2.24) is 5.32 Å². The standard InChI is InChI=1S/C10H19NO3/c1-4-11-8(10(13)14)5-6-9(12)7(2)3/h7-8,11H,4-6H2,1-3H3,(H,13,14). The highest BCUT2D eigenvalue weighted by molar-refractivity contribution is 5.81. The number of carbonyl (C=O) groups excluding carboxylic acids is 1. The summed E-state index contributed by atoms with van der Waals surface area (Å²) in [6, 6.07) is -0.595. The van der Waals surface area contributed by atoms with Crippen LogP contribution in [0.25, 0.3) is 0 Å². The molecule has 0 fully saturated rings. The van der Waals surface area contributed by atoms with Crippen molar-refractivity contribution < 1.29 is 14.7 Å². The second-order valence-electron chi connectivity index (χ2n) is 3.61. The van der Waals surface area contributed by atoms with Crippen molar-refractivity contribution in [3.05, 3.63) is 0 Å². The van der Waals surface area contributed by atoms with Crippen LogP contribution in [-0.4, -0.2) is 29.4 Å². The zero-order chi connectivity index (χ0) is 11.1. The van der Waals surface area contributed by atoms with Gasteiger partial charge in [-0.1, -0.05) is 20.8 Å². The number of rotatable bonds is 7. The van der Waals surface area contributed by atoms with E-state index in [2.05, 4.69) is 5.32 Å². The fraction of sp³-hybridized carbons (Fsp3) is 0.800. The molecule has 1 unspecified atom stereocenters. The van der Waals surface area contributed by atoms with Crippen molar-refractivity contribution in [3.63, 3.8) is 0 Å². The molecule has 0 rings (SSSR count). The van der Waals surface area contributed by atoms with E-state index in [-0.39, 0.29) is 11.7 Å². The van der Waals surface area contributed by atoms with Crippen LogP contribution in [0.15, 0.2) is 0 Å². The van der Waals surface area contributed by atoms with Crippen LogP contribution >= 0.6 is 0 Å². The number of aliphatic carboxylic acids is 1. The molecule has 2 N–H and O–H groups in total. The lowest BCUT2D eigenvalue weighted by Gasteiger charge is -2.12. The van der Waals surface area contributed by atoms with Gasteiger partial charge in [0.05, 0.1) is 0 Å². The molecular weight excluding hydrogens is 182 g/mol. The van der Waals surface area contributed by atoms with Gasteiger partial charge in [-0.2, -0.15) is 0 Å². The molecule has 0 bridgehead atoms. The van der Waals surface area contributed by atoms with Gasteiger partial charge < -0.3 is 10.4 Å². The molecule has 1 atom stereocenters. The number of nitrogens with one attached hydrogen (secondary N) is 1. The minimum atomic E-state index is -0.886. The van der Waals surface area contributed by atoms with E-state index in [1.165, 1.54) is 0 Å². The molecule has 0 radical (unpaired) electrons. The Morgan fingerprint density at radius 1 is 1.36 bits per heavy atom. The minimum absolute atomic E-state index is 0.00827. The first-order valence-electron chi connectivity index (χ1n) is 4.98. The summed E-state index contributed by atoms with van der Waals surface area (Å²) in [5, 5.41) is 11.6. The normalized spacial score (nSPS) is 12.9. The van der Waals surface area contributed by atoms with Crippen molar-refractivity contribution in [2.75, 3.05) is 6.54 Å². The molecule has 4 heteroatoms. The Labute approximate surface area is 84.7 Å². The Bertz CT molecular complexity index is 202. The summed E-state index contributed by atoms with van der Waals surface area (Å²) in [6.45, 7) is 6.10. The maximum Gasteiger partial charge on any atom is 0.320 e. The molecule has 0 heterocycles. The molecule has 4 nitrogen and oxygen atoms in total. The predicted octanol–water partition coefficient (Wildman–Crippen LogP) is 1.05. The predicted molar refractivity (Wildman–Crippen MR) is 54.2 cm³/mol. The van der Waals surface area contributed by atoms with E-state index >= 15 is 0 Å². The molecule has 0 saturated heterocycles. The van der Waals surface area contributed by atoms with Gasteiger partial charge in [0.25, 0.3) is 0 Å². The van der Waals surface area contributed by atoms with Crippen LogP contribution in [0.5, 0.6) is 0 Å². The molecule has 0 aromatic carbocycles.